The lowest BCUT2D eigenvalue weighted by Crippen LogP contribution is -2.60. The van der Waals surface area contributed by atoms with Crippen LogP contribution >= 0.6 is 0 Å². The minimum atomic E-state index is -2.55. The van der Waals surface area contributed by atoms with E-state index in [0.29, 0.717) is 19.8 Å². The first kappa shape index (κ1) is 22.7. The van der Waals surface area contributed by atoms with Gasteiger partial charge in [0, 0.05) is 42.5 Å². The van der Waals surface area contributed by atoms with Gasteiger partial charge in [-0.25, -0.2) is 13.8 Å². The van der Waals surface area contributed by atoms with Crippen molar-refractivity contribution < 1.29 is 18.3 Å². The van der Waals surface area contributed by atoms with E-state index >= 15 is 0 Å². The molecule has 0 atom stereocenters. The number of fused-ring (bicyclic) bond motifs is 2. The summed E-state index contributed by atoms with van der Waals surface area (Å²) in [6, 6.07) is 10.3. The van der Waals surface area contributed by atoms with E-state index in [1.165, 1.54) is 0 Å². The summed E-state index contributed by atoms with van der Waals surface area (Å²) in [6.45, 7) is 3.19. The maximum atomic E-state index is 13.9. The van der Waals surface area contributed by atoms with Crippen molar-refractivity contribution in [3.63, 3.8) is 0 Å². The van der Waals surface area contributed by atoms with Crippen LogP contribution in [0.4, 0.5) is 31.7 Å². The molecule has 9 heteroatoms. The zero-order chi connectivity index (χ0) is 24.0. The molecule has 0 radical (unpaired) electrons. The van der Waals surface area contributed by atoms with Crippen LogP contribution in [-0.4, -0.2) is 67.1 Å². The number of aromatic nitrogens is 1. The molecule has 0 unspecified atom stereocenters. The maximum Gasteiger partial charge on any atom is 0.272 e. The highest BCUT2D eigenvalue weighted by Crippen LogP contribution is 2.41. The number of halogens is 2. The number of benzene rings is 1. The number of anilines is 4. The number of amides is 1. The third-order valence-corrected chi connectivity index (χ3v) is 7.82. The van der Waals surface area contributed by atoms with Crippen molar-refractivity contribution in [3.8, 4) is 0 Å². The summed E-state index contributed by atoms with van der Waals surface area (Å²) >= 11 is 0. The SMILES string of the molecule is O=C([C@H]1CC[C@H](N2CC(F)(F)C2)CC1)N1Cc2cccnc2Nc2ccc(N3CCOCC3)cc21. The molecule has 3 aliphatic heterocycles. The lowest BCUT2D eigenvalue weighted by molar-refractivity contribution is -0.152. The first-order valence-electron chi connectivity index (χ1n) is 12.6. The molecule has 2 saturated heterocycles. The van der Waals surface area contributed by atoms with Crippen molar-refractivity contribution in [2.75, 3.05) is 54.5 Å². The molecular weight excluding hydrogens is 452 g/mol. The molecule has 186 valence electrons. The number of likely N-dealkylation sites (tertiary alicyclic amines) is 1. The lowest BCUT2D eigenvalue weighted by Gasteiger charge is -2.46. The van der Waals surface area contributed by atoms with E-state index in [9.17, 15) is 13.6 Å². The number of carbonyl (C=O) groups is 1. The molecule has 1 aromatic heterocycles. The molecular formula is C26H31F2N5O2. The van der Waals surface area contributed by atoms with Crippen LogP contribution in [0.5, 0.6) is 0 Å². The van der Waals surface area contributed by atoms with Crippen LogP contribution in [0.25, 0.3) is 0 Å². The summed E-state index contributed by atoms with van der Waals surface area (Å²) in [7, 11) is 0. The molecule has 4 heterocycles. The van der Waals surface area contributed by atoms with E-state index in [-0.39, 0.29) is 31.0 Å². The quantitative estimate of drug-likeness (QED) is 0.712. The molecule has 1 amide bonds. The Kier molecular flexibility index (Phi) is 5.84. The van der Waals surface area contributed by atoms with Gasteiger partial charge in [0.25, 0.3) is 5.92 Å². The second-order valence-corrected chi connectivity index (χ2v) is 10.1. The highest BCUT2D eigenvalue weighted by molar-refractivity contribution is 6.00. The van der Waals surface area contributed by atoms with Gasteiger partial charge in [-0.2, -0.15) is 0 Å². The molecule has 0 bridgehead atoms. The van der Waals surface area contributed by atoms with Crippen LogP contribution in [0.15, 0.2) is 36.5 Å². The van der Waals surface area contributed by atoms with Crippen LogP contribution in [0.2, 0.25) is 0 Å². The van der Waals surface area contributed by atoms with Gasteiger partial charge in [-0.05, 0) is 49.9 Å². The highest BCUT2D eigenvalue weighted by Gasteiger charge is 2.47. The molecule has 4 aliphatic rings. The number of alkyl halides is 2. The molecule has 35 heavy (non-hydrogen) atoms. The Morgan fingerprint density at radius 1 is 1.09 bits per heavy atom. The van der Waals surface area contributed by atoms with Gasteiger partial charge in [0.05, 0.1) is 44.2 Å². The smallest absolute Gasteiger partial charge is 0.272 e. The van der Waals surface area contributed by atoms with Crippen molar-refractivity contribution in [3.05, 3.63) is 42.1 Å². The Morgan fingerprint density at radius 2 is 1.86 bits per heavy atom. The Hall–Kier alpha value is -2.78. The Balaban J connectivity index is 1.25. The third-order valence-electron chi connectivity index (χ3n) is 7.82. The predicted molar refractivity (Wildman–Crippen MR) is 130 cm³/mol. The number of morpholine rings is 1. The summed E-state index contributed by atoms with van der Waals surface area (Å²) in [5.41, 5.74) is 3.78. The molecule has 1 aliphatic carbocycles. The standard InChI is InChI=1S/C26H31F2N5O2/c27-26(28)16-32(17-26)20-5-3-18(4-6-20)25(34)33-15-19-2-1-9-29-24(19)30-22-8-7-21(14-23(22)33)31-10-12-35-13-11-31/h1-2,7-9,14,18,20H,3-6,10-13,15-17H2,(H,29,30)/t18-,20-. The number of carbonyl (C=O) groups excluding carboxylic acids is 1. The van der Waals surface area contributed by atoms with Gasteiger partial charge >= 0.3 is 0 Å². The third kappa shape index (κ3) is 4.47. The number of pyridine rings is 1. The highest BCUT2D eigenvalue weighted by atomic mass is 19.3. The van der Waals surface area contributed by atoms with Gasteiger partial charge in [-0.3, -0.25) is 9.69 Å². The van der Waals surface area contributed by atoms with Gasteiger partial charge in [0.1, 0.15) is 5.82 Å². The van der Waals surface area contributed by atoms with Gasteiger partial charge in [-0.15, -0.1) is 0 Å². The molecule has 3 fully saturated rings. The Morgan fingerprint density at radius 3 is 2.60 bits per heavy atom. The summed E-state index contributed by atoms with van der Waals surface area (Å²) in [6.07, 6.45) is 4.79. The molecule has 6 rings (SSSR count). The van der Waals surface area contributed by atoms with Gasteiger partial charge in [0.15, 0.2) is 0 Å². The average molecular weight is 484 g/mol. The van der Waals surface area contributed by atoms with Crippen molar-refractivity contribution >= 4 is 28.8 Å². The van der Waals surface area contributed by atoms with E-state index in [1.54, 1.807) is 6.20 Å². The van der Waals surface area contributed by atoms with Crippen LogP contribution in [0.1, 0.15) is 31.2 Å². The second kappa shape index (κ2) is 9.02. The molecule has 1 saturated carbocycles. The zero-order valence-corrected chi connectivity index (χ0v) is 19.8. The molecule has 1 aromatic carbocycles. The number of rotatable bonds is 3. The molecule has 1 N–H and O–H groups in total. The number of hydrogen-bond donors (Lipinski definition) is 1. The fraction of sp³-hybridized carbons (Fsp3) is 0.538. The van der Waals surface area contributed by atoms with Crippen LogP contribution in [0.3, 0.4) is 0 Å². The lowest BCUT2D eigenvalue weighted by atomic mass is 9.83. The Labute approximate surface area is 204 Å². The number of ether oxygens (including phenoxy) is 1. The van der Waals surface area contributed by atoms with E-state index in [4.69, 9.17) is 4.74 Å². The molecule has 2 aromatic rings. The van der Waals surface area contributed by atoms with Crippen molar-refractivity contribution in [1.29, 1.82) is 0 Å². The van der Waals surface area contributed by atoms with Gasteiger partial charge < -0.3 is 19.9 Å². The normalized spacial score (nSPS) is 26.1. The van der Waals surface area contributed by atoms with E-state index in [1.807, 2.05) is 28.0 Å². The average Bonchev–Trinajstić information content (AvgIpc) is 3.04. The Bertz CT molecular complexity index is 1090. The summed E-state index contributed by atoms with van der Waals surface area (Å²) in [5, 5.41) is 3.44. The van der Waals surface area contributed by atoms with Crippen LogP contribution < -0.4 is 15.1 Å². The topological polar surface area (TPSA) is 60.9 Å². The van der Waals surface area contributed by atoms with Gasteiger partial charge in [-0.1, -0.05) is 6.07 Å². The molecule has 0 spiro atoms. The van der Waals surface area contributed by atoms with Crippen molar-refractivity contribution in [1.82, 2.24) is 9.88 Å². The van der Waals surface area contributed by atoms with E-state index < -0.39 is 5.92 Å². The monoisotopic (exact) mass is 483 g/mol. The summed E-state index contributed by atoms with van der Waals surface area (Å²) < 4.78 is 32.2. The second-order valence-electron chi connectivity index (χ2n) is 10.1. The zero-order valence-electron chi connectivity index (χ0n) is 19.8. The van der Waals surface area contributed by atoms with E-state index in [2.05, 4.69) is 27.3 Å². The minimum absolute atomic E-state index is 0.105. The largest absolute Gasteiger partial charge is 0.378 e. The maximum absolute atomic E-state index is 13.9. The fourth-order valence-corrected chi connectivity index (χ4v) is 5.84. The van der Waals surface area contributed by atoms with Crippen LogP contribution in [-0.2, 0) is 16.1 Å². The van der Waals surface area contributed by atoms with Gasteiger partial charge in [0.2, 0.25) is 5.91 Å². The van der Waals surface area contributed by atoms with Crippen LogP contribution in [0, 0.1) is 5.92 Å². The first-order valence-corrected chi connectivity index (χ1v) is 12.6. The van der Waals surface area contributed by atoms with Crippen molar-refractivity contribution in [2.24, 2.45) is 5.92 Å². The fourth-order valence-electron chi connectivity index (χ4n) is 5.84. The molecule has 7 nitrogen and oxygen atoms in total. The summed E-state index contributed by atoms with van der Waals surface area (Å²) in [5.74, 6) is -1.78. The first-order chi connectivity index (χ1) is 17.0. The van der Waals surface area contributed by atoms with E-state index in [0.717, 1.165) is 67.2 Å². The minimum Gasteiger partial charge on any atom is -0.378 e. The number of nitrogens with zero attached hydrogens (tertiary/aromatic N) is 4. The predicted octanol–water partition coefficient (Wildman–Crippen LogP) is 4.02. The number of hydrogen-bond acceptors (Lipinski definition) is 6. The summed E-state index contributed by atoms with van der Waals surface area (Å²) in [4.78, 5) is 24.5. The number of nitrogens with one attached hydrogen (secondary N) is 1. The van der Waals surface area contributed by atoms with Crippen molar-refractivity contribution in [2.45, 2.75) is 44.2 Å².